The molecule has 0 bridgehead atoms. The summed E-state index contributed by atoms with van der Waals surface area (Å²) < 4.78 is 0. The van der Waals surface area contributed by atoms with Gasteiger partial charge < -0.3 is 10.0 Å². The van der Waals surface area contributed by atoms with E-state index in [1.165, 1.54) is 13.0 Å². The van der Waals surface area contributed by atoms with Crippen LogP contribution in [0.25, 0.3) is 0 Å². The van der Waals surface area contributed by atoms with Crippen LogP contribution < -0.4 is 0 Å². The summed E-state index contributed by atoms with van der Waals surface area (Å²) in [5.74, 6) is 1.41. The van der Waals surface area contributed by atoms with Crippen molar-refractivity contribution in [3.63, 3.8) is 0 Å². The van der Waals surface area contributed by atoms with E-state index in [-0.39, 0.29) is 6.10 Å². The second kappa shape index (κ2) is 2.21. The van der Waals surface area contributed by atoms with Crippen LogP contribution in [0.3, 0.4) is 0 Å². The molecule has 0 radical (unpaired) electrons. The molecule has 1 aliphatic carbocycles. The minimum atomic E-state index is 0.00921. The fourth-order valence-corrected chi connectivity index (χ4v) is 2.46. The lowest BCUT2D eigenvalue weighted by Gasteiger charge is -2.11. The van der Waals surface area contributed by atoms with Gasteiger partial charge in [-0.05, 0) is 25.8 Å². The summed E-state index contributed by atoms with van der Waals surface area (Å²) >= 11 is 0. The average Bonchev–Trinajstić information content (AvgIpc) is 2.35. The van der Waals surface area contributed by atoms with Crippen molar-refractivity contribution in [2.75, 3.05) is 20.1 Å². The Morgan fingerprint density at radius 3 is 2.80 bits per heavy atom. The molecule has 3 atom stereocenters. The van der Waals surface area contributed by atoms with Crippen molar-refractivity contribution in [3.05, 3.63) is 0 Å². The number of hydrogen-bond acceptors (Lipinski definition) is 2. The molecular weight excluding hydrogens is 126 g/mol. The molecule has 2 rings (SSSR count). The summed E-state index contributed by atoms with van der Waals surface area (Å²) in [5, 5.41) is 9.49. The third-order valence-electron chi connectivity index (χ3n) is 3.00. The Morgan fingerprint density at radius 2 is 2.10 bits per heavy atom. The van der Waals surface area contributed by atoms with Gasteiger partial charge in [0.15, 0.2) is 0 Å². The molecule has 58 valence electrons. The van der Waals surface area contributed by atoms with E-state index >= 15 is 0 Å². The smallest absolute Gasteiger partial charge is 0.0583 e. The molecule has 1 aliphatic heterocycles. The monoisotopic (exact) mass is 141 g/mol. The Morgan fingerprint density at radius 1 is 1.30 bits per heavy atom. The van der Waals surface area contributed by atoms with E-state index in [2.05, 4.69) is 11.9 Å². The van der Waals surface area contributed by atoms with Crippen LogP contribution in [0.5, 0.6) is 0 Å². The summed E-state index contributed by atoms with van der Waals surface area (Å²) in [7, 11) is 2.14. The fraction of sp³-hybridized carbons (Fsp3) is 1.00. The average molecular weight is 141 g/mol. The first kappa shape index (κ1) is 6.62. The topological polar surface area (TPSA) is 23.5 Å². The molecule has 1 heterocycles. The third kappa shape index (κ3) is 0.867. The maximum Gasteiger partial charge on any atom is 0.0583 e. The van der Waals surface area contributed by atoms with E-state index in [0.717, 1.165) is 18.9 Å². The minimum Gasteiger partial charge on any atom is -0.393 e. The highest BCUT2D eigenvalue weighted by atomic mass is 16.3. The summed E-state index contributed by atoms with van der Waals surface area (Å²) in [6.07, 6.45) is 2.30. The second-order valence-electron chi connectivity index (χ2n) is 3.79. The number of rotatable bonds is 0. The molecule has 2 fully saturated rings. The standard InChI is InChI=1S/C8H15NO/c1-9-4-6-2-3-8(10)7(6)5-9/h6-8,10H,2-5H2,1H3/t6?,7-,8?/m1/s1. The van der Waals surface area contributed by atoms with E-state index in [1.54, 1.807) is 0 Å². The van der Waals surface area contributed by atoms with Crippen molar-refractivity contribution in [3.8, 4) is 0 Å². The normalized spacial score (nSPS) is 48.0. The molecule has 0 aromatic heterocycles. The summed E-state index contributed by atoms with van der Waals surface area (Å²) in [6.45, 7) is 2.33. The zero-order chi connectivity index (χ0) is 7.14. The molecule has 1 saturated heterocycles. The molecule has 1 saturated carbocycles. The van der Waals surface area contributed by atoms with E-state index in [9.17, 15) is 5.11 Å². The van der Waals surface area contributed by atoms with Gasteiger partial charge in [0.2, 0.25) is 0 Å². The van der Waals surface area contributed by atoms with Crippen molar-refractivity contribution in [1.29, 1.82) is 0 Å². The van der Waals surface area contributed by atoms with Crippen LogP contribution in [0.1, 0.15) is 12.8 Å². The first-order chi connectivity index (χ1) is 4.77. The summed E-state index contributed by atoms with van der Waals surface area (Å²) in [5.41, 5.74) is 0. The number of likely N-dealkylation sites (tertiary alicyclic amines) is 1. The van der Waals surface area contributed by atoms with Gasteiger partial charge in [0.25, 0.3) is 0 Å². The zero-order valence-electron chi connectivity index (χ0n) is 6.45. The Hall–Kier alpha value is -0.0800. The lowest BCUT2D eigenvalue weighted by Crippen LogP contribution is -2.21. The molecule has 2 unspecified atom stereocenters. The molecule has 0 aromatic carbocycles. The number of aliphatic hydroxyl groups is 1. The molecule has 2 nitrogen and oxygen atoms in total. The van der Waals surface area contributed by atoms with Gasteiger partial charge in [-0.3, -0.25) is 0 Å². The highest BCUT2D eigenvalue weighted by Gasteiger charge is 2.40. The van der Waals surface area contributed by atoms with Gasteiger partial charge in [-0.15, -0.1) is 0 Å². The quantitative estimate of drug-likeness (QED) is 0.525. The molecule has 10 heavy (non-hydrogen) atoms. The predicted molar refractivity (Wildman–Crippen MR) is 39.7 cm³/mol. The Kier molecular flexibility index (Phi) is 1.46. The van der Waals surface area contributed by atoms with Crippen molar-refractivity contribution >= 4 is 0 Å². The van der Waals surface area contributed by atoms with Crippen LogP contribution in [0, 0.1) is 11.8 Å². The van der Waals surface area contributed by atoms with E-state index < -0.39 is 0 Å². The van der Waals surface area contributed by atoms with Gasteiger partial charge in [-0.1, -0.05) is 0 Å². The third-order valence-corrected chi connectivity index (χ3v) is 3.00. The lowest BCUT2D eigenvalue weighted by molar-refractivity contribution is 0.126. The zero-order valence-corrected chi connectivity index (χ0v) is 6.45. The maximum absolute atomic E-state index is 9.49. The van der Waals surface area contributed by atoms with Crippen molar-refractivity contribution in [1.82, 2.24) is 4.90 Å². The first-order valence-corrected chi connectivity index (χ1v) is 4.14. The lowest BCUT2D eigenvalue weighted by atomic mass is 10.00. The Bertz CT molecular complexity index is 137. The van der Waals surface area contributed by atoms with Gasteiger partial charge in [0.05, 0.1) is 6.10 Å². The molecule has 2 aliphatic rings. The van der Waals surface area contributed by atoms with Crippen LogP contribution in [-0.4, -0.2) is 36.2 Å². The van der Waals surface area contributed by atoms with Crippen molar-refractivity contribution in [2.24, 2.45) is 11.8 Å². The van der Waals surface area contributed by atoms with E-state index in [0.29, 0.717) is 5.92 Å². The second-order valence-corrected chi connectivity index (χ2v) is 3.79. The predicted octanol–water partition coefficient (Wildman–Crippen LogP) is 0.319. The molecule has 0 amide bonds. The molecule has 1 N–H and O–H groups in total. The highest BCUT2D eigenvalue weighted by molar-refractivity contribution is 4.92. The Labute approximate surface area is 61.8 Å². The van der Waals surface area contributed by atoms with Crippen molar-refractivity contribution in [2.45, 2.75) is 18.9 Å². The van der Waals surface area contributed by atoms with Gasteiger partial charge in [0.1, 0.15) is 0 Å². The van der Waals surface area contributed by atoms with Crippen LogP contribution in [-0.2, 0) is 0 Å². The maximum atomic E-state index is 9.49. The molecule has 2 heteroatoms. The van der Waals surface area contributed by atoms with E-state index in [4.69, 9.17) is 0 Å². The van der Waals surface area contributed by atoms with Crippen LogP contribution in [0.4, 0.5) is 0 Å². The number of nitrogens with zero attached hydrogens (tertiary/aromatic N) is 1. The summed E-state index contributed by atoms with van der Waals surface area (Å²) in [6, 6.07) is 0. The SMILES string of the molecule is CN1CC2CCC(O)[C@@H]2C1. The van der Waals surface area contributed by atoms with Crippen LogP contribution in [0.15, 0.2) is 0 Å². The number of fused-ring (bicyclic) bond motifs is 1. The van der Waals surface area contributed by atoms with Gasteiger partial charge >= 0.3 is 0 Å². The van der Waals surface area contributed by atoms with Crippen LogP contribution in [0.2, 0.25) is 0 Å². The first-order valence-electron chi connectivity index (χ1n) is 4.14. The Balaban J connectivity index is 2.05. The van der Waals surface area contributed by atoms with Crippen molar-refractivity contribution < 1.29 is 5.11 Å². The number of aliphatic hydroxyl groups excluding tert-OH is 1. The fourth-order valence-electron chi connectivity index (χ4n) is 2.46. The van der Waals surface area contributed by atoms with Gasteiger partial charge in [-0.25, -0.2) is 0 Å². The highest BCUT2D eigenvalue weighted by Crippen LogP contribution is 2.37. The molecule has 0 aromatic rings. The van der Waals surface area contributed by atoms with E-state index in [1.807, 2.05) is 0 Å². The molecule has 0 spiro atoms. The largest absolute Gasteiger partial charge is 0.393 e. The summed E-state index contributed by atoms with van der Waals surface area (Å²) in [4.78, 5) is 2.33. The number of hydrogen-bond donors (Lipinski definition) is 1. The van der Waals surface area contributed by atoms with Crippen LogP contribution >= 0.6 is 0 Å². The minimum absolute atomic E-state index is 0.00921. The van der Waals surface area contributed by atoms with Gasteiger partial charge in [0, 0.05) is 19.0 Å². The molecular formula is C8H15NO. The van der Waals surface area contributed by atoms with Gasteiger partial charge in [-0.2, -0.15) is 0 Å².